The van der Waals surface area contributed by atoms with Gasteiger partial charge in [-0.3, -0.25) is 9.69 Å². The molecule has 0 unspecified atom stereocenters. The SMILES string of the molecule is COc1ccc(N2C(=O)CN(CCc3ccccc3F)[C@@H]3CS(=O)(=O)C[C@@H]32)cc1. The van der Waals surface area contributed by atoms with Crippen LogP contribution in [0.1, 0.15) is 5.56 Å². The van der Waals surface area contributed by atoms with Gasteiger partial charge in [0.05, 0.1) is 31.2 Å². The van der Waals surface area contributed by atoms with Crippen molar-refractivity contribution in [2.24, 2.45) is 0 Å². The first kappa shape index (κ1) is 19.8. The van der Waals surface area contributed by atoms with Gasteiger partial charge in [-0.2, -0.15) is 0 Å². The molecule has 154 valence electrons. The average Bonchev–Trinajstić information content (AvgIpc) is 3.02. The first-order valence-corrected chi connectivity index (χ1v) is 11.3. The second-order valence-electron chi connectivity index (χ2n) is 7.49. The normalized spacial score (nSPS) is 23.8. The number of nitrogens with zero attached hydrogens (tertiary/aromatic N) is 2. The first-order valence-electron chi connectivity index (χ1n) is 9.52. The van der Waals surface area contributed by atoms with Crippen molar-refractivity contribution in [3.05, 3.63) is 59.9 Å². The van der Waals surface area contributed by atoms with E-state index in [1.807, 2.05) is 4.90 Å². The Balaban J connectivity index is 1.58. The summed E-state index contributed by atoms with van der Waals surface area (Å²) in [6.45, 7) is 0.539. The standard InChI is InChI=1S/C21H23FN2O4S/c1-28-17-8-6-16(7-9-17)24-20-14-29(26,27)13-19(20)23(12-21(24)25)11-10-15-4-2-3-5-18(15)22/h2-9,19-20H,10-14H2,1H3/t19-,20+/m1/s1. The third-order valence-corrected chi connectivity index (χ3v) is 7.38. The van der Waals surface area contributed by atoms with Gasteiger partial charge in [0, 0.05) is 18.3 Å². The monoisotopic (exact) mass is 418 g/mol. The molecule has 2 saturated heterocycles. The van der Waals surface area contributed by atoms with Crippen LogP contribution in [0.3, 0.4) is 0 Å². The molecule has 4 rings (SSSR count). The number of sulfone groups is 1. The van der Waals surface area contributed by atoms with Gasteiger partial charge in [-0.25, -0.2) is 12.8 Å². The highest BCUT2D eigenvalue weighted by Gasteiger charge is 2.49. The van der Waals surface area contributed by atoms with Crippen molar-refractivity contribution in [1.29, 1.82) is 0 Å². The van der Waals surface area contributed by atoms with Crippen molar-refractivity contribution in [3.63, 3.8) is 0 Å². The zero-order valence-corrected chi connectivity index (χ0v) is 16.9. The molecule has 1 amide bonds. The molecule has 2 aliphatic rings. The van der Waals surface area contributed by atoms with Gasteiger partial charge in [-0.05, 0) is 42.3 Å². The number of benzene rings is 2. The minimum absolute atomic E-state index is 0.00880. The Morgan fingerprint density at radius 1 is 1.07 bits per heavy atom. The minimum atomic E-state index is -3.26. The fraction of sp³-hybridized carbons (Fsp3) is 0.381. The molecule has 2 aliphatic heterocycles. The summed E-state index contributed by atoms with van der Waals surface area (Å²) < 4.78 is 43.9. The van der Waals surface area contributed by atoms with Crippen molar-refractivity contribution in [2.45, 2.75) is 18.5 Å². The number of rotatable bonds is 5. The van der Waals surface area contributed by atoms with E-state index in [1.54, 1.807) is 54.5 Å². The molecule has 2 heterocycles. The van der Waals surface area contributed by atoms with E-state index in [-0.39, 0.29) is 35.8 Å². The van der Waals surface area contributed by atoms with E-state index >= 15 is 0 Å². The van der Waals surface area contributed by atoms with Crippen LogP contribution in [0.15, 0.2) is 48.5 Å². The number of hydrogen-bond acceptors (Lipinski definition) is 5. The Morgan fingerprint density at radius 3 is 2.45 bits per heavy atom. The molecule has 0 bridgehead atoms. The van der Waals surface area contributed by atoms with Gasteiger partial charge in [0.1, 0.15) is 11.6 Å². The highest BCUT2D eigenvalue weighted by molar-refractivity contribution is 7.91. The van der Waals surface area contributed by atoms with Crippen LogP contribution < -0.4 is 9.64 Å². The van der Waals surface area contributed by atoms with Gasteiger partial charge < -0.3 is 9.64 Å². The molecule has 2 fully saturated rings. The van der Waals surface area contributed by atoms with E-state index in [0.29, 0.717) is 30.0 Å². The molecular formula is C21H23FN2O4S. The maximum absolute atomic E-state index is 14.0. The predicted octanol–water partition coefficient (Wildman–Crippen LogP) is 1.89. The van der Waals surface area contributed by atoms with Gasteiger partial charge in [0.25, 0.3) is 0 Å². The summed E-state index contributed by atoms with van der Waals surface area (Å²) in [6, 6.07) is 12.8. The minimum Gasteiger partial charge on any atom is -0.497 e. The number of halogens is 1. The van der Waals surface area contributed by atoms with E-state index in [2.05, 4.69) is 0 Å². The lowest BCUT2D eigenvalue weighted by atomic mass is 10.0. The number of methoxy groups -OCH3 is 1. The highest BCUT2D eigenvalue weighted by Crippen LogP contribution is 2.32. The fourth-order valence-corrected chi connectivity index (χ4v) is 6.23. The molecular weight excluding hydrogens is 395 g/mol. The Bertz CT molecular complexity index is 1010. The van der Waals surface area contributed by atoms with Crippen LogP contribution in [0.5, 0.6) is 5.75 Å². The summed E-state index contributed by atoms with van der Waals surface area (Å²) in [4.78, 5) is 16.5. The lowest BCUT2D eigenvalue weighted by Crippen LogP contribution is -2.62. The topological polar surface area (TPSA) is 66.9 Å². The second kappa shape index (κ2) is 7.76. The molecule has 0 aromatic heterocycles. The first-order chi connectivity index (χ1) is 13.9. The summed E-state index contributed by atoms with van der Waals surface area (Å²) in [7, 11) is -1.70. The van der Waals surface area contributed by atoms with E-state index in [9.17, 15) is 17.6 Å². The number of carbonyl (C=O) groups is 1. The van der Waals surface area contributed by atoms with Gasteiger partial charge in [-0.1, -0.05) is 18.2 Å². The van der Waals surface area contributed by atoms with Crippen LogP contribution in [-0.4, -0.2) is 63.0 Å². The number of fused-ring (bicyclic) bond motifs is 1. The Kier molecular flexibility index (Phi) is 5.31. The lowest BCUT2D eigenvalue weighted by Gasteiger charge is -2.43. The molecule has 2 aromatic rings. The van der Waals surface area contributed by atoms with E-state index in [4.69, 9.17) is 4.74 Å². The van der Waals surface area contributed by atoms with Crippen LogP contribution in [0.25, 0.3) is 0 Å². The maximum Gasteiger partial charge on any atom is 0.241 e. The van der Waals surface area contributed by atoms with Crippen molar-refractivity contribution in [2.75, 3.05) is 36.6 Å². The van der Waals surface area contributed by atoms with Crippen molar-refractivity contribution in [1.82, 2.24) is 4.90 Å². The van der Waals surface area contributed by atoms with Crippen LogP contribution >= 0.6 is 0 Å². The molecule has 0 radical (unpaired) electrons. The van der Waals surface area contributed by atoms with Gasteiger partial charge in [0.2, 0.25) is 5.91 Å². The number of hydrogen-bond donors (Lipinski definition) is 0. The molecule has 0 aliphatic carbocycles. The van der Waals surface area contributed by atoms with Crippen LogP contribution in [0.2, 0.25) is 0 Å². The quantitative estimate of drug-likeness (QED) is 0.742. The molecule has 8 heteroatoms. The van der Waals surface area contributed by atoms with Gasteiger partial charge in [0.15, 0.2) is 9.84 Å². The van der Waals surface area contributed by atoms with Crippen LogP contribution in [0, 0.1) is 5.82 Å². The molecule has 0 saturated carbocycles. The molecule has 2 aromatic carbocycles. The number of piperazine rings is 1. The summed E-state index contributed by atoms with van der Waals surface area (Å²) in [6.07, 6.45) is 0.422. The number of anilines is 1. The van der Waals surface area contributed by atoms with Gasteiger partial charge in [-0.15, -0.1) is 0 Å². The maximum atomic E-state index is 14.0. The third-order valence-electron chi connectivity index (χ3n) is 5.68. The molecule has 0 spiro atoms. The Labute approximate surface area is 169 Å². The summed E-state index contributed by atoms with van der Waals surface area (Å²) in [5.41, 5.74) is 1.23. The second-order valence-corrected chi connectivity index (χ2v) is 9.64. The zero-order valence-electron chi connectivity index (χ0n) is 16.1. The Morgan fingerprint density at radius 2 is 1.76 bits per heavy atom. The summed E-state index contributed by atoms with van der Waals surface area (Å²) in [5.74, 6) is 0.175. The highest BCUT2D eigenvalue weighted by atomic mass is 32.2. The number of amides is 1. The van der Waals surface area contributed by atoms with Crippen LogP contribution in [-0.2, 0) is 21.1 Å². The molecule has 0 N–H and O–H groups in total. The van der Waals surface area contributed by atoms with Crippen molar-refractivity contribution < 1.29 is 22.3 Å². The lowest BCUT2D eigenvalue weighted by molar-refractivity contribution is -0.123. The van der Waals surface area contributed by atoms with Gasteiger partial charge >= 0.3 is 0 Å². The van der Waals surface area contributed by atoms with Crippen molar-refractivity contribution in [3.8, 4) is 5.75 Å². The van der Waals surface area contributed by atoms with E-state index in [1.165, 1.54) is 6.07 Å². The summed E-state index contributed by atoms with van der Waals surface area (Å²) >= 11 is 0. The summed E-state index contributed by atoms with van der Waals surface area (Å²) in [5, 5.41) is 0. The third kappa shape index (κ3) is 4.00. The molecule has 29 heavy (non-hydrogen) atoms. The Hall–Kier alpha value is -2.45. The number of carbonyl (C=O) groups excluding carboxylic acids is 1. The molecule has 2 atom stereocenters. The largest absolute Gasteiger partial charge is 0.497 e. The smallest absolute Gasteiger partial charge is 0.241 e. The van der Waals surface area contributed by atoms with E-state index < -0.39 is 15.9 Å². The fourth-order valence-electron chi connectivity index (χ4n) is 4.25. The number of ether oxygens (including phenoxy) is 1. The molecule has 6 nitrogen and oxygen atoms in total. The van der Waals surface area contributed by atoms with Crippen molar-refractivity contribution >= 4 is 21.4 Å². The zero-order chi connectivity index (χ0) is 20.6. The predicted molar refractivity (Wildman–Crippen MR) is 108 cm³/mol. The van der Waals surface area contributed by atoms with Crippen LogP contribution in [0.4, 0.5) is 10.1 Å². The average molecular weight is 418 g/mol. The van der Waals surface area contributed by atoms with E-state index in [0.717, 1.165) is 0 Å².